The second-order valence-corrected chi connectivity index (χ2v) is 2.92. The van der Waals surface area contributed by atoms with Crippen LogP contribution in [0, 0.1) is 0 Å². The maximum absolute atomic E-state index is 10.7. The van der Waals surface area contributed by atoms with Crippen molar-refractivity contribution >= 4 is 17.7 Å². The van der Waals surface area contributed by atoms with E-state index >= 15 is 0 Å². The van der Waals surface area contributed by atoms with Crippen molar-refractivity contribution in [3.8, 4) is 0 Å². The third-order valence-corrected chi connectivity index (χ3v) is 2.10. The molecule has 0 N–H and O–H groups in total. The maximum atomic E-state index is 10.7. The van der Waals surface area contributed by atoms with Gasteiger partial charge in [0.15, 0.2) is 0 Å². The number of likely N-dealkylation sites (tertiary alicyclic amines) is 1. The molecule has 9 heavy (non-hydrogen) atoms. The van der Waals surface area contributed by atoms with Crippen LogP contribution in [0.3, 0.4) is 0 Å². The molecule has 1 rings (SSSR count). The van der Waals surface area contributed by atoms with Crippen LogP contribution in [0.15, 0.2) is 0 Å². The molecule has 1 saturated heterocycles. The zero-order chi connectivity index (χ0) is 6.85. The summed E-state index contributed by atoms with van der Waals surface area (Å²) >= 11 is 3.77. The summed E-state index contributed by atoms with van der Waals surface area (Å²) in [6.07, 6.45) is 2.12. The number of likely N-dealkylation sites (N-methyl/N-ethyl adjacent to an activating group) is 1. The molecule has 1 aliphatic heterocycles. The molecule has 1 unspecified atom stereocenters. The van der Waals surface area contributed by atoms with Gasteiger partial charge in [-0.25, -0.2) is 0 Å². The van der Waals surface area contributed by atoms with Crippen molar-refractivity contribution in [1.82, 2.24) is 4.90 Å². The summed E-state index contributed by atoms with van der Waals surface area (Å²) in [6, 6.07) is 0.0910. The van der Waals surface area contributed by atoms with Crippen LogP contribution < -0.4 is 0 Å². The van der Waals surface area contributed by atoms with E-state index in [2.05, 4.69) is 17.5 Å². The highest BCUT2D eigenvalue weighted by Gasteiger charge is 2.24. The normalized spacial score (nSPS) is 28.9. The predicted octanol–water partition coefficient (Wildman–Crippen LogP) is 0.537. The van der Waals surface area contributed by atoms with E-state index in [1.807, 2.05) is 7.05 Å². The third-order valence-electron chi connectivity index (χ3n) is 1.81. The number of rotatable bonds is 1. The Hall–Kier alpha value is -0.0200. The molecular weight excluding hydrogens is 134 g/mol. The summed E-state index contributed by atoms with van der Waals surface area (Å²) in [7, 11) is 1.96. The molecule has 2 nitrogen and oxygen atoms in total. The van der Waals surface area contributed by atoms with Gasteiger partial charge in [0.25, 0.3) is 0 Å². The highest BCUT2D eigenvalue weighted by Crippen LogP contribution is 2.16. The van der Waals surface area contributed by atoms with Crippen LogP contribution in [0.4, 0.5) is 0 Å². The van der Waals surface area contributed by atoms with E-state index in [0.29, 0.717) is 0 Å². The molecule has 1 atom stereocenters. The van der Waals surface area contributed by atoms with Crippen LogP contribution in [-0.2, 0) is 4.79 Å². The average Bonchev–Trinajstić information content (AvgIpc) is 2.13. The van der Waals surface area contributed by atoms with Gasteiger partial charge in [-0.2, -0.15) is 0 Å². The molecule has 3 heteroatoms. The van der Waals surface area contributed by atoms with Gasteiger partial charge in [0.2, 0.25) is 5.12 Å². The first kappa shape index (κ1) is 7.09. The second kappa shape index (κ2) is 2.71. The first-order valence-electron chi connectivity index (χ1n) is 3.15. The molecule has 1 aliphatic rings. The molecule has 52 valence electrons. The summed E-state index contributed by atoms with van der Waals surface area (Å²) in [5, 5.41) is 0.00926. The van der Waals surface area contributed by atoms with Gasteiger partial charge in [-0.1, -0.05) is 0 Å². The van der Waals surface area contributed by atoms with E-state index in [1.165, 1.54) is 0 Å². The summed E-state index contributed by atoms with van der Waals surface area (Å²) < 4.78 is 0. The Balaban J connectivity index is 2.49. The summed E-state index contributed by atoms with van der Waals surface area (Å²) in [4.78, 5) is 12.7. The lowest BCUT2D eigenvalue weighted by Gasteiger charge is -2.14. The number of hydrogen-bond acceptors (Lipinski definition) is 2. The molecule has 0 amide bonds. The molecule has 1 fully saturated rings. The fourth-order valence-corrected chi connectivity index (χ4v) is 1.55. The van der Waals surface area contributed by atoms with Gasteiger partial charge >= 0.3 is 0 Å². The van der Waals surface area contributed by atoms with Crippen LogP contribution in [-0.4, -0.2) is 29.6 Å². The molecule has 0 bridgehead atoms. The van der Waals surface area contributed by atoms with Crippen molar-refractivity contribution < 1.29 is 4.79 Å². The molecule has 1 heterocycles. The standard InChI is InChI=1S/C6H11NOS/c1-7-4-2-3-5(7)6(8)9/h5H,2-4H2,1H3,(H,8,9). The van der Waals surface area contributed by atoms with E-state index in [9.17, 15) is 4.79 Å². The Morgan fingerprint density at radius 3 is 2.67 bits per heavy atom. The molecule has 0 spiro atoms. The van der Waals surface area contributed by atoms with Crippen LogP contribution >= 0.6 is 12.6 Å². The van der Waals surface area contributed by atoms with Gasteiger partial charge in [0.1, 0.15) is 0 Å². The summed E-state index contributed by atoms with van der Waals surface area (Å²) in [5.74, 6) is 0. The predicted molar refractivity (Wildman–Crippen MR) is 39.6 cm³/mol. The fourth-order valence-electron chi connectivity index (χ4n) is 1.22. The topological polar surface area (TPSA) is 20.3 Å². The molecular formula is C6H11NOS. The number of carbonyl (C=O) groups excluding carboxylic acids is 1. The molecule has 0 aromatic carbocycles. The largest absolute Gasteiger partial charge is 0.296 e. The van der Waals surface area contributed by atoms with Crippen molar-refractivity contribution in [2.75, 3.05) is 13.6 Å². The SMILES string of the molecule is CN1CCCC1C(=O)S. The Kier molecular flexibility index (Phi) is 2.13. The quantitative estimate of drug-likeness (QED) is 0.543. The number of nitrogens with zero attached hydrogens (tertiary/aromatic N) is 1. The van der Waals surface area contributed by atoms with Crippen molar-refractivity contribution in [2.24, 2.45) is 0 Å². The smallest absolute Gasteiger partial charge is 0.203 e. The first-order chi connectivity index (χ1) is 4.22. The van der Waals surface area contributed by atoms with Gasteiger partial charge in [0.05, 0.1) is 6.04 Å². The molecule has 0 aromatic heterocycles. The minimum atomic E-state index is 0.00926. The Bertz CT molecular complexity index is 126. The second-order valence-electron chi connectivity index (χ2n) is 2.48. The summed E-state index contributed by atoms with van der Waals surface area (Å²) in [5.41, 5.74) is 0. The monoisotopic (exact) mass is 145 g/mol. The average molecular weight is 145 g/mol. The molecule has 0 radical (unpaired) electrons. The Morgan fingerprint density at radius 2 is 2.44 bits per heavy atom. The fraction of sp³-hybridized carbons (Fsp3) is 0.833. The first-order valence-corrected chi connectivity index (χ1v) is 3.59. The molecule has 0 aromatic rings. The maximum Gasteiger partial charge on any atom is 0.203 e. The minimum Gasteiger partial charge on any atom is -0.296 e. The Labute approximate surface area is 60.6 Å². The van der Waals surface area contributed by atoms with Crippen molar-refractivity contribution in [1.29, 1.82) is 0 Å². The van der Waals surface area contributed by atoms with E-state index in [1.54, 1.807) is 0 Å². The van der Waals surface area contributed by atoms with Gasteiger partial charge in [-0.15, -0.1) is 12.6 Å². The molecule has 0 aliphatic carbocycles. The zero-order valence-corrected chi connectivity index (χ0v) is 6.40. The lowest BCUT2D eigenvalue weighted by atomic mass is 10.2. The lowest BCUT2D eigenvalue weighted by molar-refractivity contribution is -0.114. The number of carbonyl (C=O) groups is 1. The van der Waals surface area contributed by atoms with Gasteiger partial charge < -0.3 is 0 Å². The molecule has 0 saturated carbocycles. The third kappa shape index (κ3) is 1.46. The van der Waals surface area contributed by atoms with E-state index in [4.69, 9.17) is 0 Å². The summed E-state index contributed by atoms with van der Waals surface area (Å²) in [6.45, 7) is 1.04. The van der Waals surface area contributed by atoms with Crippen LogP contribution in [0.5, 0.6) is 0 Å². The van der Waals surface area contributed by atoms with Gasteiger partial charge in [-0.3, -0.25) is 9.69 Å². The highest BCUT2D eigenvalue weighted by atomic mass is 32.1. The minimum absolute atomic E-state index is 0.00926. The van der Waals surface area contributed by atoms with Crippen LogP contribution in [0.1, 0.15) is 12.8 Å². The lowest BCUT2D eigenvalue weighted by Crippen LogP contribution is -2.29. The highest BCUT2D eigenvalue weighted by molar-refractivity contribution is 7.96. The Morgan fingerprint density at radius 1 is 1.78 bits per heavy atom. The van der Waals surface area contributed by atoms with Crippen molar-refractivity contribution in [3.63, 3.8) is 0 Å². The van der Waals surface area contributed by atoms with Crippen molar-refractivity contribution in [3.05, 3.63) is 0 Å². The van der Waals surface area contributed by atoms with Gasteiger partial charge in [0, 0.05) is 0 Å². The number of thiol groups is 1. The van der Waals surface area contributed by atoms with E-state index in [-0.39, 0.29) is 11.2 Å². The van der Waals surface area contributed by atoms with Crippen LogP contribution in [0.25, 0.3) is 0 Å². The number of hydrogen-bond donors (Lipinski definition) is 1. The van der Waals surface area contributed by atoms with E-state index < -0.39 is 0 Å². The van der Waals surface area contributed by atoms with Gasteiger partial charge in [-0.05, 0) is 26.4 Å². The van der Waals surface area contributed by atoms with Crippen molar-refractivity contribution in [2.45, 2.75) is 18.9 Å². The van der Waals surface area contributed by atoms with E-state index in [0.717, 1.165) is 19.4 Å². The van der Waals surface area contributed by atoms with Crippen LogP contribution in [0.2, 0.25) is 0 Å². The zero-order valence-electron chi connectivity index (χ0n) is 5.50.